The van der Waals surface area contributed by atoms with Gasteiger partial charge >= 0.3 is 0 Å². The number of anilines is 2. The molecule has 0 unspecified atom stereocenters. The lowest BCUT2D eigenvalue weighted by atomic mass is 10.3. The van der Waals surface area contributed by atoms with E-state index in [2.05, 4.69) is 10.3 Å². The molecule has 0 atom stereocenters. The van der Waals surface area contributed by atoms with E-state index in [0.717, 1.165) is 12.2 Å². The van der Waals surface area contributed by atoms with Crippen molar-refractivity contribution in [2.75, 3.05) is 17.7 Å². The van der Waals surface area contributed by atoms with Gasteiger partial charge in [0.05, 0.1) is 6.61 Å². The summed E-state index contributed by atoms with van der Waals surface area (Å²) in [7, 11) is 0. The first-order chi connectivity index (χ1) is 9.19. The molecule has 3 N–H and O–H groups in total. The van der Waals surface area contributed by atoms with E-state index < -0.39 is 0 Å². The Balaban J connectivity index is 2.04. The first-order valence-corrected chi connectivity index (χ1v) is 6.82. The molecular formula is C13H15N3O2S. The number of benzene rings is 1. The third-order valence-electron chi connectivity index (χ3n) is 2.32. The highest BCUT2D eigenvalue weighted by atomic mass is 32.1. The highest BCUT2D eigenvalue weighted by molar-refractivity contribution is 7.13. The molecule has 2 aromatic rings. The van der Waals surface area contributed by atoms with E-state index in [1.165, 1.54) is 11.3 Å². The second kappa shape index (κ2) is 6.19. The lowest BCUT2D eigenvalue weighted by molar-refractivity contribution is 0.102. The van der Waals surface area contributed by atoms with Gasteiger partial charge in [0.15, 0.2) is 5.13 Å². The van der Waals surface area contributed by atoms with Crippen LogP contribution < -0.4 is 15.8 Å². The molecule has 0 aliphatic rings. The molecule has 19 heavy (non-hydrogen) atoms. The summed E-state index contributed by atoms with van der Waals surface area (Å²) in [6.45, 7) is 2.69. The number of carbonyl (C=O) groups excluding carboxylic acids is 1. The van der Waals surface area contributed by atoms with E-state index in [0.29, 0.717) is 23.1 Å². The zero-order chi connectivity index (χ0) is 13.7. The molecule has 0 radical (unpaired) electrons. The lowest BCUT2D eigenvalue weighted by Gasteiger charge is -2.07. The number of nitrogen functional groups attached to an aromatic ring is 1. The van der Waals surface area contributed by atoms with Crippen LogP contribution in [0.5, 0.6) is 5.75 Å². The molecule has 0 fully saturated rings. The van der Waals surface area contributed by atoms with Crippen LogP contribution in [-0.4, -0.2) is 17.5 Å². The van der Waals surface area contributed by atoms with Gasteiger partial charge in [0, 0.05) is 17.1 Å². The van der Waals surface area contributed by atoms with E-state index in [1.807, 2.05) is 19.1 Å². The third-order valence-corrected chi connectivity index (χ3v) is 2.99. The predicted octanol–water partition coefficient (Wildman–Crippen LogP) is 2.77. The number of nitrogens with two attached hydrogens (primary N) is 1. The Labute approximate surface area is 115 Å². The summed E-state index contributed by atoms with van der Waals surface area (Å²) in [4.78, 5) is 15.8. The lowest BCUT2D eigenvalue weighted by Crippen LogP contribution is -2.12. The van der Waals surface area contributed by atoms with Crippen molar-refractivity contribution < 1.29 is 9.53 Å². The summed E-state index contributed by atoms with van der Waals surface area (Å²) in [5.74, 6) is 0.457. The standard InChI is InChI=1S/C13H15N3O2S/c1-2-6-18-10-5-3-4-9(7-10)15-12(17)11-8-19-13(14)16-11/h3-5,7-8H,2,6H2,1H3,(H2,14,16)(H,15,17). The number of amides is 1. The molecule has 2 rings (SSSR count). The van der Waals surface area contributed by atoms with Crippen molar-refractivity contribution in [3.05, 3.63) is 35.3 Å². The molecule has 0 spiro atoms. The third kappa shape index (κ3) is 3.69. The molecule has 1 amide bonds. The van der Waals surface area contributed by atoms with Crippen LogP contribution in [0.3, 0.4) is 0 Å². The van der Waals surface area contributed by atoms with E-state index in [4.69, 9.17) is 10.5 Å². The Morgan fingerprint density at radius 3 is 3.05 bits per heavy atom. The van der Waals surface area contributed by atoms with E-state index in [1.54, 1.807) is 17.5 Å². The smallest absolute Gasteiger partial charge is 0.275 e. The highest BCUT2D eigenvalue weighted by Crippen LogP contribution is 2.19. The summed E-state index contributed by atoms with van der Waals surface area (Å²) in [6, 6.07) is 7.26. The fourth-order valence-electron chi connectivity index (χ4n) is 1.47. The average Bonchev–Trinajstić information content (AvgIpc) is 2.83. The van der Waals surface area contributed by atoms with Gasteiger partial charge in [-0.2, -0.15) is 0 Å². The number of hydrogen-bond donors (Lipinski definition) is 2. The maximum Gasteiger partial charge on any atom is 0.275 e. The van der Waals surface area contributed by atoms with Gasteiger partial charge in [-0.3, -0.25) is 4.79 Å². The van der Waals surface area contributed by atoms with E-state index in [9.17, 15) is 4.79 Å². The van der Waals surface area contributed by atoms with Gasteiger partial charge in [-0.1, -0.05) is 13.0 Å². The summed E-state index contributed by atoms with van der Waals surface area (Å²) in [5, 5.41) is 4.76. The fourth-order valence-corrected chi connectivity index (χ4v) is 2.01. The number of aromatic nitrogens is 1. The second-order valence-electron chi connectivity index (χ2n) is 3.90. The van der Waals surface area contributed by atoms with Gasteiger partial charge in [-0.15, -0.1) is 11.3 Å². The number of rotatable bonds is 5. The first-order valence-electron chi connectivity index (χ1n) is 5.94. The minimum Gasteiger partial charge on any atom is -0.494 e. The van der Waals surface area contributed by atoms with Gasteiger partial charge in [0.25, 0.3) is 5.91 Å². The number of nitrogens with one attached hydrogen (secondary N) is 1. The summed E-state index contributed by atoms with van der Waals surface area (Å²) in [6.07, 6.45) is 0.939. The SMILES string of the molecule is CCCOc1cccc(NC(=O)c2csc(N)n2)c1. The maximum absolute atomic E-state index is 11.9. The van der Waals surface area contributed by atoms with Crippen molar-refractivity contribution in [3.63, 3.8) is 0 Å². The second-order valence-corrected chi connectivity index (χ2v) is 4.79. The van der Waals surface area contributed by atoms with Crippen LogP contribution in [0, 0.1) is 0 Å². The molecule has 0 aliphatic heterocycles. The quantitative estimate of drug-likeness (QED) is 0.881. The van der Waals surface area contributed by atoms with Crippen molar-refractivity contribution in [1.29, 1.82) is 0 Å². The summed E-state index contributed by atoms with van der Waals surface area (Å²) < 4.78 is 5.50. The monoisotopic (exact) mass is 277 g/mol. The molecule has 1 aromatic heterocycles. The molecule has 1 aromatic carbocycles. The van der Waals surface area contributed by atoms with Crippen molar-refractivity contribution in [2.45, 2.75) is 13.3 Å². The zero-order valence-corrected chi connectivity index (χ0v) is 11.4. The normalized spacial score (nSPS) is 10.2. The van der Waals surface area contributed by atoms with Crippen LogP contribution in [-0.2, 0) is 0 Å². The Morgan fingerprint density at radius 2 is 2.37 bits per heavy atom. The van der Waals surface area contributed by atoms with Crippen LogP contribution in [0.25, 0.3) is 0 Å². The predicted molar refractivity (Wildman–Crippen MR) is 76.7 cm³/mol. The van der Waals surface area contributed by atoms with Crippen LogP contribution in [0.4, 0.5) is 10.8 Å². The van der Waals surface area contributed by atoms with Crippen molar-refractivity contribution in [1.82, 2.24) is 4.98 Å². The minimum atomic E-state index is -0.277. The molecule has 0 saturated heterocycles. The fraction of sp³-hybridized carbons (Fsp3) is 0.231. The van der Waals surface area contributed by atoms with Crippen LogP contribution in [0.1, 0.15) is 23.8 Å². The Hall–Kier alpha value is -2.08. The van der Waals surface area contributed by atoms with Crippen LogP contribution >= 0.6 is 11.3 Å². The average molecular weight is 277 g/mol. The zero-order valence-electron chi connectivity index (χ0n) is 10.6. The number of carbonyl (C=O) groups is 1. The molecule has 0 saturated carbocycles. The van der Waals surface area contributed by atoms with Gasteiger partial charge in [0.2, 0.25) is 0 Å². The number of ether oxygens (including phenoxy) is 1. The summed E-state index contributed by atoms with van der Waals surface area (Å²) >= 11 is 1.24. The van der Waals surface area contributed by atoms with Crippen molar-refractivity contribution in [3.8, 4) is 5.75 Å². The van der Waals surface area contributed by atoms with Crippen LogP contribution in [0.2, 0.25) is 0 Å². The van der Waals surface area contributed by atoms with Crippen molar-refractivity contribution >= 4 is 28.1 Å². The molecule has 100 valence electrons. The molecule has 1 heterocycles. The molecule has 6 heteroatoms. The van der Waals surface area contributed by atoms with Gasteiger partial charge < -0.3 is 15.8 Å². The number of nitrogens with zero attached hydrogens (tertiary/aromatic N) is 1. The van der Waals surface area contributed by atoms with E-state index >= 15 is 0 Å². The maximum atomic E-state index is 11.9. The van der Waals surface area contributed by atoms with Gasteiger partial charge in [-0.25, -0.2) is 4.98 Å². The van der Waals surface area contributed by atoms with Crippen molar-refractivity contribution in [2.24, 2.45) is 0 Å². The number of thiazole rings is 1. The van der Waals surface area contributed by atoms with Crippen LogP contribution in [0.15, 0.2) is 29.6 Å². The topological polar surface area (TPSA) is 77.2 Å². The molecule has 0 bridgehead atoms. The Kier molecular flexibility index (Phi) is 4.35. The molecular weight excluding hydrogens is 262 g/mol. The molecule has 5 nitrogen and oxygen atoms in total. The van der Waals surface area contributed by atoms with Gasteiger partial charge in [0.1, 0.15) is 11.4 Å². The van der Waals surface area contributed by atoms with Gasteiger partial charge in [-0.05, 0) is 18.6 Å². The largest absolute Gasteiger partial charge is 0.494 e. The number of hydrogen-bond acceptors (Lipinski definition) is 5. The summed E-state index contributed by atoms with van der Waals surface area (Å²) in [5.41, 5.74) is 6.49. The van der Waals surface area contributed by atoms with E-state index in [-0.39, 0.29) is 5.91 Å². The first kappa shape index (κ1) is 13.4. The Morgan fingerprint density at radius 1 is 1.53 bits per heavy atom. The minimum absolute atomic E-state index is 0.277. The Bertz CT molecular complexity index is 569. The highest BCUT2D eigenvalue weighted by Gasteiger charge is 2.10. The molecule has 0 aliphatic carbocycles.